The fraction of sp³-hybridized carbons (Fsp3) is 0.387. The number of amides is 1. The van der Waals surface area contributed by atoms with Gasteiger partial charge in [-0.05, 0) is 72.9 Å². The summed E-state index contributed by atoms with van der Waals surface area (Å²) in [6, 6.07) is 21.6. The van der Waals surface area contributed by atoms with Crippen molar-refractivity contribution >= 4 is 16.2 Å². The Kier molecular flexibility index (Phi) is 9.26. The van der Waals surface area contributed by atoms with Gasteiger partial charge >= 0.3 is 6.09 Å². The highest BCUT2D eigenvalue weighted by Crippen LogP contribution is 2.37. The van der Waals surface area contributed by atoms with Crippen LogP contribution in [-0.4, -0.2) is 70.8 Å². The Hall–Kier alpha value is -3.60. The van der Waals surface area contributed by atoms with Gasteiger partial charge in [-0.25, -0.2) is 4.79 Å². The van der Waals surface area contributed by atoms with Crippen LogP contribution < -0.4 is 9.47 Å². The van der Waals surface area contributed by atoms with Gasteiger partial charge in [0.25, 0.3) is 10.1 Å². The molecule has 0 saturated carbocycles. The average Bonchev–Trinajstić information content (AvgIpc) is 3.32. The minimum Gasteiger partial charge on any atom is -0.497 e. The Bertz CT molecular complexity index is 1450. The topological polar surface area (TPSA) is 101 Å². The SMILES string of the molecule is COc1ccc(-c2cccc(CO[C@H]3CN(C(=O)OC(C)(C)C)C[C@@H]3OS(C)(=O)=O)c2-c2ccc(OC)cc2)cc1. The van der Waals surface area contributed by atoms with Crippen molar-refractivity contribution in [1.29, 1.82) is 0 Å². The lowest BCUT2D eigenvalue weighted by Crippen LogP contribution is -2.36. The van der Waals surface area contributed by atoms with E-state index < -0.39 is 34.0 Å². The second-order valence-electron chi connectivity index (χ2n) is 10.9. The molecule has 1 heterocycles. The summed E-state index contributed by atoms with van der Waals surface area (Å²) in [5.41, 5.74) is 4.10. The highest BCUT2D eigenvalue weighted by Gasteiger charge is 2.40. The molecule has 3 aromatic rings. The second kappa shape index (κ2) is 12.5. The van der Waals surface area contributed by atoms with Gasteiger partial charge in [-0.15, -0.1) is 0 Å². The van der Waals surface area contributed by atoms with Gasteiger partial charge in [-0.1, -0.05) is 42.5 Å². The predicted molar refractivity (Wildman–Crippen MR) is 157 cm³/mol. The first-order valence-electron chi connectivity index (χ1n) is 13.3. The molecule has 2 atom stereocenters. The molecule has 0 spiro atoms. The number of hydrogen-bond donors (Lipinski definition) is 0. The van der Waals surface area contributed by atoms with Crippen LogP contribution in [0.1, 0.15) is 26.3 Å². The molecule has 1 saturated heterocycles. The quantitative estimate of drug-likeness (QED) is 0.304. The third-order valence-electron chi connectivity index (χ3n) is 6.55. The lowest BCUT2D eigenvalue weighted by atomic mass is 9.90. The van der Waals surface area contributed by atoms with Crippen LogP contribution in [-0.2, 0) is 30.4 Å². The zero-order valence-electron chi connectivity index (χ0n) is 24.2. The molecule has 1 aliphatic heterocycles. The standard InChI is InChI=1S/C31H37NO8S/c1-31(2,3)39-30(33)32-18-27(28(19-32)40-41(6,34)35)38-20-23-8-7-9-26(21-10-14-24(36-4)15-11-21)29(23)22-12-16-25(37-5)17-13-22/h7-17,27-28H,18-20H2,1-6H3/t27-,28-/m0/s1. The number of rotatable bonds is 9. The van der Waals surface area contributed by atoms with Crippen molar-refractivity contribution in [2.24, 2.45) is 0 Å². The zero-order chi connectivity index (χ0) is 29.8. The summed E-state index contributed by atoms with van der Waals surface area (Å²) in [5, 5.41) is 0. The summed E-state index contributed by atoms with van der Waals surface area (Å²) in [6.45, 7) is 5.64. The third kappa shape index (κ3) is 8.00. The van der Waals surface area contributed by atoms with E-state index in [0.29, 0.717) is 0 Å². The number of carbonyl (C=O) groups is 1. The number of ether oxygens (including phenoxy) is 4. The first-order valence-corrected chi connectivity index (χ1v) is 15.1. The fourth-order valence-corrected chi connectivity index (χ4v) is 5.36. The van der Waals surface area contributed by atoms with E-state index in [1.165, 1.54) is 4.90 Å². The normalized spacial score (nSPS) is 17.4. The number of methoxy groups -OCH3 is 2. The molecule has 41 heavy (non-hydrogen) atoms. The molecule has 10 heteroatoms. The summed E-state index contributed by atoms with van der Waals surface area (Å²) in [6.07, 6.45) is -1.12. The molecule has 220 valence electrons. The van der Waals surface area contributed by atoms with Crippen molar-refractivity contribution in [2.75, 3.05) is 33.6 Å². The van der Waals surface area contributed by atoms with E-state index in [4.69, 9.17) is 23.1 Å². The van der Waals surface area contributed by atoms with E-state index in [2.05, 4.69) is 0 Å². The van der Waals surface area contributed by atoms with Gasteiger partial charge < -0.3 is 23.8 Å². The first kappa shape index (κ1) is 30.4. The maximum absolute atomic E-state index is 12.8. The van der Waals surface area contributed by atoms with E-state index in [1.54, 1.807) is 35.0 Å². The minimum absolute atomic E-state index is 0.0316. The van der Waals surface area contributed by atoms with Gasteiger partial charge in [-0.2, -0.15) is 8.42 Å². The number of carbonyl (C=O) groups excluding carboxylic acids is 1. The highest BCUT2D eigenvalue weighted by molar-refractivity contribution is 7.86. The lowest BCUT2D eigenvalue weighted by molar-refractivity contribution is -0.00665. The van der Waals surface area contributed by atoms with Crippen molar-refractivity contribution in [3.05, 3.63) is 72.3 Å². The summed E-state index contributed by atoms with van der Waals surface area (Å²) < 4.78 is 51.9. The molecule has 3 aromatic carbocycles. The van der Waals surface area contributed by atoms with Crippen LogP contribution in [0.4, 0.5) is 4.79 Å². The van der Waals surface area contributed by atoms with Crippen molar-refractivity contribution in [3.63, 3.8) is 0 Å². The molecule has 1 fully saturated rings. The fourth-order valence-electron chi connectivity index (χ4n) is 4.72. The van der Waals surface area contributed by atoms with Gasteiger partial charge in [0.05, 0.1) is 40.2 Å². The molecule has 0 radical (unpaired) electrons. The molecule has 9 nitrogen and oxygen atoms in total. The average molecular weight is 584 g/mol. The summed E-state index contributed by atoms with van der Waals surface area (Å²) >= 11 is 0. The molecular formula is C31H37NO8S. The van der Waals surface area contributed by atoms with Gasteiger partial charge in [0.15, 0.2) is 0 Å². The molecule has 0 aliphatic carbocycles. The third-order valence-corrected chi connectivity index (χ3v) is 7.15. The number of hydrogen-bond acceptors (Lipinski definition) is 8. The van der Waals surface area contributed by atoms with E-state index in [1.807, 2.05) is 66.7 Å². The van der Waals surface area contributed by atoms with Crippen molar-refractivity contribution < 1.29 is 36.3 Å². The smallest absolute Gasteiger partial charge is 0.410 e. The van der Waals surface area contributed by atoms with Gasteiger partial charge in [-0.3, -0.25) is 4.18 Å². The molecule has 0 bridgehead atoms. The molecule has 0 N–H and O–H groups in total. The largest absolute Gasteiger partial charge is 0.497 e. The number of nitrogens with zero attached hydrogens (tertiary/aromatic N) is 1. The van der Waals surface area contributed by atoms with Gasteiger partial charge in [0.2, 0.25) is 0 Å². The van der Waals surface area contributed by atoms with Crippen molar-refractivity contribution in [1.82, 2.24) is 4.90 Å². The van der Waals surface area contributed by atoms with Crippen LogP contribution in [0.25, 0.3) is 22.3 Å². The van der Waals surface area contributed by atoms with Crippen LogP contribution in [0.3, 0.4) is 0 Å². The zero-order valence-corrected chi connectivity index (χ0v) is 25.1. The van der Waals surface area contributed by atoms with E-state index >= 15 is 0 Å². The summed E-state index contributed by atoms with van der Waals surface area (Å²) in [5.74, 6) is 1.49. The van der Waals surface area contributed by atoms with E-state index in [-0.39, 0.29) is 19.7 Å². The van der Waals surface area contributed by atoms with Crippen LogP contribution in [0, 0.1) is 0 Å². The Morgan fingerprint density at radius 3 is 1.95 bits per heavy atom. The Labute approximate surface area is 242 Å². The van der Waals surface area contributed by atoms with Gasteiger partial charge in [0.1, 0.15) is 29.3 Å². The summed E-state index contributed by atoms with van der Waals surface area (Å²) in [4.78, 5) is 14.2. The summed E-state index contributed by atoms with van der Waals surface area (Å²) in [7, 11) is -0.545. The Morgan fingerprint density at radius 2 is 1.41 bits per heavy atom. The number of benzene rings is 3. The Balaban J connectivity index is 1.66. The molecule has 4 rings (SSSR count). The second-order valence-corrected chi connectivity index (χ2v) is 12.5. The monoisotopic (exact) mass is 583 g/mol. The minimum atomic E-state index is -3.79. The maximum Gasteiger partial charge on any atom is 0.410 e. The van der Waals surface area contributed by atoms with Crippen LogP contribution >= 0.6 is 0 Å². The van der Waals surface area contributed by atoms with E-state index in [0.717, 1.165) is 45.6 Å². The van der Waals surface area contributed by atoms with Gasteiger partial charge in [0, 0.05) is 0 Å². The van der Waals surface area contributed by atoms with Crippen molar-refractivity contribution in [2.45, 2.75) is 45.2 Å². The predicted octanol–water partition coefficient (Wildman–Crippen LogP) is 5.52. The number of likely N-dealkylation sites (tertiary alicyclic amines) is 1. The molecule has 0 unspecified atom stereocenters. The van der Waals surface area contributed by atoms with Crippen LogP contribution in [0.2, 0.25) is 0 Å². The molecule has 0 aromatic heterocycles. The van der Waals surface area contributed by atoms with Crippen molar-refractivity contribution in [3.8, 4) is 33.8 Å². The molecular weight excluding hydrogens is 546 g/mol. The molecule has 1 aliphatic rings. The molecule has 1 amide bonds. The van der Waals surface area contributed by atoms with Crippen LogP contribution in [0.5, 0.6) is 11.5 Å². The Morgan fingerprint density at radius 1 is 0.854 bits per heavy atom. The van der Waals surface area contributed by atoms with Crippen LogP contribution in [0.15, 0.2) is 66.7 Å². The highest BCUT2D eigenvalue weighted by atomic mass is 32.2. The van der Waals surface area contributed by atoms with E-state index in [9.17, 15) is 13.2 Å². The lowest BCUT2D eigenvalue weighted by Gasteiger charge is -2.24. The maximum atomic E-state index is 12.8. The first-order chi connectivity index (χ1) is 19.4.